The number of hydrogen-bond donors (Lipinski definition) is 1. The molecular weight excluding hydrogens is 351 g/mol. The Labute approximate surface area is 151 Å². The molecule has 0 radical (unpaired) electrons. The van der Waals surface area contributed by atoms with Crippen molar-refractivity contribution in [3.05, 3.63) is 11.9 Å². The number of quaternary nitrogens is 1. The number of nitrogens with one attached hydrogen (secondary N) is 1. The van der Waals surface area contributed by atoms with Gasteiger partial charge in [-0.25, -0.2) is 0 Å². The summed E-state index contributed by atoms with van der Waals surface area (Å²) >= 11 is 0. The monoisotopic (exact) mass is 386 g/mol. The lowest BCUT2D eigenvalue weighted by molar-refractivity contribution is -0.872. The van der Waals surface area contributed by atoms with Gasteiger partial charge in [0.1, 0.15) is 6.20 Å². The van der Waals surface area contributed by atoms with Gasteiger partial charge in [-0.05, 0) is 45.8 Å². The SMILES string of the molecule is CC(C)N1C[NH+](C(C)C)C=C1CO[Si](C)(C)C(C)(C)C.F[B-](F)(F)F. The largest absolute Gasteiger partial charge is 0.673 e. The summed E-state index contributed by atoms with van der Waals surface area (Å²) in [6.07, 6.45) is 2.37. The van der Waals surface area contributed by atoms with Crippen molar-refractivity contribution in [1.29, 1.82) is 0 Å². The second-order valence-electron chi connectivity index (χ2n) is 8.63. The Hall–Kier alpha value is -0.538. The quantitative estimate of drug-likeness (QED) is 0.565. The van der Waals surface area contributed by atoms with Gasteiger partial charge in [0, 0.05) is 6.04 Å². The average molecular weight is 386 g/mol. The summed E-state index contributed by atoms with van der Waals surface area (Å²) in [5.41, 5.74) is 1.37. The molecule has 150 valence electrons. The zero-order chi connectivity index (χ0) is 20.2. The molecule has 0 amide bonds. The molecule has 3 nitrogen and oxygen atoms in total. The van der Waals surface area contributed by atoms with Crippen LogP contribution in [0.2, 0.25) is 18.1 Å². The normalized spacial score (nSPS) is 19.2. The number of rotatable bonds is 5. The topological polar surface area (TPSA) is 16.9 Å². The molecule has 0 spiro atoms. The van der Waals surface area contributed by atoms with Gasteiger partial charge in [0.15, 0.2) is 15.0 Å². The molecule has 0 bridgehead atoms. The van der Waals surface area contributed by atoms with Gasteiger partial charge in [0.25, 0.3) is 0 Å². The van der Waals surface area contributed by atoms with Crippen LogP contribution in [0.15, 0.2) is 11.9 Å². The maximum atomic E-state index is 9.75. The third-order valence-electron chi connectivity index (χ3n) is 4.83. The van der Waals surface area contributed by atoms with Crippen molar-refractivity contribution in [3.8, 4) is 0 Å². The molecule has 0 saturated heterocycles. The third-order valence-corrected chi connectivity index (χ3v) is 9.30. The van der Waals surface area contributed by atoms with E-state index in [0.29, 0.717) is 12.1 Å². The summed E-state index contributed by atoms with van der Waals surface area (Å²) < 4.78 is 45.4. The van der Waals surface area contributed by atoms with Crippen molar-refractivity contribution >= 4 is 15.6 Å². The highest BCUT2D eigenvalue weighted by atomic mass is 28.4. The first-order chi connectivity index (χ1) is 11.0. The van der Waals surface area contributed by atoms with E-state index in [9.17, 15) is 17.3 Å². The van der Waals surface area contributed by atoms with E-state index in [2.05, 4.69) is 72.7 Å². The van der Waals surface area contributed by atoms with Crippen molar-refractivity contribution < 1.29 is 26.6 Å². The molecule has 0 aromatic carbocycles. The molecule has 0 aromatic heterocycles. The van der Waals surface area contributed by atoms with Crippen LogP contribution in [0.1, 0.15) is 48.5 Å². The van der Waals surface area contributed by atoms with E-state index in [0.717, 1.165) is 13.3 Å². The summed E-state index contributed by atoms with van der Waals surface area (Å²) in [6.45, 7) is 22.5. The number of halogens is 4. The van der Waals surface area contributed by atoms with E-state index in [4.69, 9.17) is 4.43 Å². The van der Waals surface area contributed by atoms with E-state index < -0.39 is 15.6 Å². The maximum absolute atomic E-state index is 9.75. The van der Waals surface area contributed by atoms with Crippen molar-refractivity contribution in [2.75, 3.05) is 13.3 Å². The fraction of sp³-hybridized carbons (Fsp3) is 0.875. The van der Waals surface area contributed by atoms with Gasteiger partial charge in [-0.1, -0.05) is 20.8 Å². The van der Waals surface area contributed by atoms with Crippen LogP contribution in [0.5, 0.6) is 0 Å². The highest BCUT2D eigenvalue weighted by Crippen LogP contribution is 2.36. The summed E-state index contributed by atoms with van der Waals surface area (Å²) in [5.74, 6) is 0. The smallest absolute Gasteiger partial charge is 0.418 e. The lowest BCUT2D eigenvalue weighted by atomic mass is 10.2. The fourth-order valence-electron chi connectivity index (χ4n) is 2.10. The third kappa shape index (κ3) is 9.10. The zero-order valence-corrected chi connectivity index (χ0v) is 18.1. The summed E-state index contributed by atoms with van der Waals surface area (Å²) in [6, 6.07) is 1.17. The second-order valence-corrected chi connectivity index (χ2v) is 13.4. The first-order valence-electron chi connectivity index (χ1n) is 8.80. The van der Waals surface area contributed by atoms with Gasteiger partial charge in [0.05, 0.1) is 18.3 Å². The molecule has 1 aliphatic heterocycles. The minimum atomic E-state index is -6.00. The Kier molecular flexibility index (Phi) is 8.71. The first-order valence-corrected chi connectivity index (χ1v) is 11.7. The van der Waals surface area contributed by atoms with Crippen LogP contribution in [-0.2, 0) is 4.43 Å². The highest BCUT2D eigenvalue weighted by Gasteiger charge is 2.38. The van der Waals surface area contributed by atoms with E-state index in [1.165, 1.54) is 10.6 Å². The summed E-state index contributed by atoms with van der Waals surface area (Å²) in [4.78, 5) is 4.02. The van der Waals surface area contributed by atoms with Crippen molar-refractivity contribution in [2.24, 2.45) is 0 Å². The van der Waals surface area contributed by atoms with Crippen LogP contribution in [-0.4, -0.2) is 45.8 Å². The standard InChI is InChI=1S/C16H34N2OSi.BF4/c1-13(2)17-10-15(18(12-17)14(3)4)11-19-20(8,9)16(5,6)7;2-1(3,4)5/h10,13-14H,11-12H2,1-9H3;/q;-1/p+1. The van der Waals surface area contributed by atoms with Gasteiger partial charge < -0.3 is 26.6 Å². The van der Waals surface area contributed by atoms with Crippen LogP contribution in [0.25, 0.3) is 0 Å². The fourth-order valence-corrected chi connectivity index (χ4v) is 3.04. The molecule has 1 aliphatic rings. The predicted molar refractivity (Wildman–Crippen MR) is 99.4 cm³/mol. The number of hydrogen-bond acceptors (Lipinski definition) is 2. The second kappa shape index (κ2) is 8.90. The van der Waals surface area contributed by atoms with Crippen LogP contribution >= 0.6 is 0 Å². The highest BCUT2D eigenvalue weighted by molar-refractivity contribution is 6.74. The van der Waals surface area contributed by atoms with Crippen molar-refractivity contribution in [3.63, 3.8) is 0 Å². The van der Waals surface area contributed by atoms with Gasteiger partial charge >= 0.3 is 7.25 Å². The molecule has 1 unspecified atom stereocenters. The number of nitrogens with zero attached hydrogens (tertiary/aromatic N) is 1. The predicted octanol–water partition coefficient (Wildman–Crippen LogP) is 4.12. The Morgan fingerprint density at radius 2 is 1.60 bits per heavy atom. The maximum Gasteiger partial charge on any atom is 0.673 e. The molecule has 1 N–H and O–H groups in total. The Morgan fingerprint density at radius 1 is 1.16 bits per heavy atom. The van der Waals surface area contributed by atoms with Crippen LogP contribution < -0.4 is 4.90 Å². The van der Waals surface area contributed by atoms with E-state index in [1.54, 1.807) is 0 Å². The molecule has 0 saturated carbocycles. The molecular formula is C16H35BF4N2OSi. The van der Waals surface area contributed by atoms with Crippen molar-refractivity contribution in [1.82, 2.24) is 4.90 Å². The van der Waals surface area contributed by atoms with E-state index >= 15 is 0 Å². The molecule has 1 atom stereocenters. The van der Waals surface area contributed by atoms with Crippen molar-refractivity contribution in [2.45, 2.75) is 78.7 Å². The van der Waals surface area contributed by atoms with E-state index in [-0.39, 0.29) is 5.04 Å². The summed E-state index contributed by atoms with van der Waals surface area (Å²) in [5, 5.41) is 0.277. The molecule has 1 rings (SSSR count). The van der Waals surface area contributed by atoms with Crippen LogP contribution in [0, 0.1) is 0 Å². The lowest BCUT2D eigenvalue weighted by Gasteiger charge is -2.37. The molecule has 0 fully saturated rings. The van der Waals surface area contributed by atoms with Gasteiger partial charge in [-0.15, -0.1) is 0 Å². The molecule has 0 aliphatic carbocycles. The summed E-state index contributed by atoms with van der Waals surface area (Å²) in [7, 11) is -7.66. The van der Waals surface area contributed by atoms with Gasteiger partial charge in [-0.2, -0.15) is 0 Å². The minimum absolute atomic E-state index is 0.277. The zero-order valence-electron chi connectivity index (χ0n) is 17.1. The Morgan fingerprint density at radius 3 is 1.92 bits per heavy atom. The lowest BCUT2D eigenvalue weighted by Crippen LogP contribution is -3.10. The molecule has 1 heterocycles. The Bertz CT molecular complexity index is 442. The van der Waals surface area contributed by atoms with Crippen LogP contribution in [0.4, 0.5) is 17.3 Å². The van der Waals surface area contributed by atoms with Gasteiger partial charge in [-0.3, -0.25) is 4.90 Å². The van der Waals surface area contributed by atoms with Gasteiger partial charge in [0.2, 0.25) is 0 Å². The molecule has 0 aromatic rings. The molecule has 9 heteroatoms. The molecule has 25 heavy (non-hydrogen) atoms. The minimum Gasteiger partial charge on any atom is -0.418 e. The van der Waals surface area contributed by atoms with E-state index in [1.807, 2.05) is 0 Å². The van der Waals surface area contributed by atoms with Crippen LogP contribution in [0.3, 0.4) is 0 Å². The Balaban J connectivity index is 0.00000101. The first kappa shape index (κ1) is 24.5. The average Bonchev–Trinajstić information content (AvgIpc) is 2.77.